The van der Waals surface area contributed by atoms with Gasteiger partial charge in [0.15, 0.2) is 0 Å². The number of methoxy groups -OCH3 is 1. The molecule has 0 aliphatic heterocycles. The van der Waals surface area contributed by atoms with E-state index < -0.39 is 28.5 Å². The first kappa shape index (κ1) is 31.7. The van der Waals surface area contributed by atoms with Crippen molar-refractivity contribution in [2.24, 2.45) is 0 Å². The van der Waals surface area contributed by atoms with Gasteiger partial charge in [-0.3, -0.25) is 13.9 Å². The van der Waals surface area contributed by atoms with Crippen molar-refractivity contribution in [1.82, 2.24) is 10.2 Å². The van der Waals surface area contributed by atoms with Gasteiger partial charge in [0, 0.05) is 13.1 Å². The topological polar surface area (TPSA) is 96.0 Å². The Labute approximate surface area is 244 Å². The molecule has 0 unspecified atom stereocenters. The number of hydrogen-bond donors (Lipinski definition) is 1. The highest BCUT2D eigenvalue weighted by Gasteiger charge is 2.34. The van der Waals surface area contributed by atoms with E-state index in [4.69, 9.17) is 4.74 Å². The van der Waals surface area contributed by atoms with Crippen LogP contribution in [0.4, 0.5) is 5.69 Å². The molecule has 2 amide bonds. The summed E-state index contributed by atoms with van der Waals surface area (Å²) in [4.78, 5) is 29.0. The number of hydrogen-bond acceptors (Lipinski definition) is 5. The molecule has 0 spiro atoms. The molecule has 3 aromatic rings. The molecule has 0 heterocycles. The monoisotopic (exact) mass is 579 g/mol. The second kappa shape index (κ2) is 14.7. The van der Waals surface area contributed by atoms with E-state index in [-0.39, 0.29) is 23.0 Å². The molecule has 3 aromatic carbocycles. The van der Waals surface area contributed by atoms with Gasteiger partial charge >= 0.3 is 0 Å². The number of sulfonamides is 1. The smallest absolute Gasteiger partial charge is 0.264 e. The van der Waals surface area contributed by atoms with Gasteiger partial charge in [0.05, 0.1) is 17.7 Å². The van der Waals surface area contributed by atoms with Crippen LogP contribution >= 0.6 is 0 Å². The molecule has 8 nitrogen and oxygen atoms in total. The number of amides is 2. The third-order valence-corrected chi connectivity index (χ3v) is 8.70. The van der Waals surface area contributed by atoms with Crippen LogP contribution in [0.25, 0.3) is 0 Å². The molecule has 0 saturated carbocycles. The Morgan fingerprint density at radius 1 is 0.902 bits per heavy atom. The van der Waals surface area contributed by atoms with Crippen LogP contribution in [0.1, 0.15) is 49.8 Å². The first-order chi connectivity index (χ1) is 19.6. The lowest BCUT2D eigenvalue weighted by atomic mass is 10.1. The molecule has 0 radical (unpaired) electrons. The minimum atomic E-state index is -4.18. The number of aryl methyl sites for hydroxylation is 2. The zero-order valence-corrected chi connectivity index (χ0v) is 25.4. The number of anilines is 1. The maximum Gasteiger partial charge on any atom is 0.264 e. The Bertz CT molecular complexity index is 1410. The van der Waals surface area contributed by atoms with Crippen LogP contribution in [-0.2, 0) is 26.2 Å². The maximum absolute atomic E-state index is 14.2. The molecule has 0 aliphatic rings. The van der Waals surface area contributed by atoms with Gasteiger partial charge in [0.2, 0.25) is 11.8 Å². The summed E-state index contributed by atoms with van der Waals surface area (Å²) in [7, 11) is -2.72. The molecule has 0 aromatic heterocycles. The van der Waals surface area contributed by atoms with Crippen LogP contribution in [0.5, 0.6) is 5.75 Å². The molecular weight excluding hydrogens is 538 g/mol. The van der Waals surface area contributed by atoms with Crippen LogP contribution in [0.15, 0.2) is 77.7 Å². The predicted octanol–water partition coefficient (Wildman–Crippen LogP) is 5.23. The Kier molecular flexibility index (Phi) is 11.3. The minimum Gasteiger partial charge on any atom is -0.495 e. The highest BCUT2D eigenvalue weighted by molar-refractivity contribution is 7.92. The van der Waals surface area contributed by atoms with E-state index in [0.29, 0.717) is 18.7 Å². The Morgan fingerprint density at radius 2 is 1.51 bits per heavy atom. The van der Waals surface area contributed by atoms with Gasteiger partial charge in [-0.1, -0.05) is 79.9 Å². The number of unbranched alkanes of at least 4 members (excludes halogenated alkanes) is 1. The van der Waals surface area contributed by atoms with Crippen molar-refractivity contribution in [3.63, 3.8) is 0 Å². The molecular formula is C32H41N3O5S. The van der Waals surface area contributed by atoms with Crippen molar-refractivity contribution < 1.29 is 22.7 Å². The van der Waals surface area contributed by atoms with E-state index >= 15 is 0 Å². The van der Waals surface area contributed by atoms with Crippen LogP contribution < -0.4 is 14.4 Å². The van der Waals surface area contributed by atoms with Crippen LogP contribution in [-0.4, -0.2) is 51.4 Å². The van der Waals surface area contributed by atoms with Crippen molar-refractivity contribution in [3.05, 3.63) is 89.5 Å². The van der Waals surface area contributed by atoms with Gasteiger partial charge in [0.25, 0.3) is 10.0 Å². The van der Waals surface area contributed by atoms with Crippen molar-refractivity contribution in [3.8, 4) is 5.75 Å². The van der Waals surface area contributed by atoms with Crippen LogP contribution in [0.3, 0.4) is 0 Å². The normalized spacial score (nSPS) is 11.9. The van der Waals surface area contributed by atoms with E-state index in [1.54, 1.807) is 36.4 Å². The maximum atomic E-state index is 14.2. The number of para-hydroxylation sites is 2. The van der Waals surface area contributed by atoms with Gasteiger partial charge in [-0.15, -0.1) is 0 Å². The summed E-state index contributed by atoms with van der Waals surface area (Å²) in [5.74, 6) is -0.443. The first-order valence-corrected chi connectivity index (χ1v) is 15.4. The second-order valence-corrected chi connectivity index (χ2v) is 11.9. The fraction of sp³-hybridized carbons (Fsp3) is 0.375. The Morgan fingerprint density at radius 3 is 2.10 bits per heavy atom. The third-order valence-electron chi connectivity index (χ3n) is 6.93. The second-order valence-electron chi connectivity index (χ2n) is 10.1. The van der Waals surface area contributed by atoms with Gasteiger partial charge < -0.3 is 15.0 Å². The van der Waals surface area contributed by atoms with Crippen molar-refractivity contribution in [2.45, 2.75) is 64.4 Å². The van der Waals surface area contributed by atoms with E-state index in [1.807, 2.05) is 52.0 Å². The molecule has 1 N–H and O–H groups in total. The molecule has 0 aliphatic carbocycles. The van der Waals surface area contributed by atoms with Crippen LogP contribution in [0, 0.1) is 13.8 Å². The lowest BCUT2D eigenvalue weighted by Gasteiger charge is -2.33. The summed E-state index contributed by atoms with van der Waals surface area (Å²) in [6.45, 7) is 7.89. The minimum absolute atomic E-state index is 0.0521. The third kappa shape index (κ3) is 8.10. The Balaban J connectivity index is 2.06. The summed E-state index contributed by atoms with van der Waals surface area (Å²) in [5.41, 5.74) is 3.06. The van der Waals surface area contributed by atoms with Crippen molar-refractivity contribution >= 4 is 27.5 Å². The SMILES string of the molecule is CCCCNC(=O)[C@H](CC)N(Cc1ccc(C)cc1)C(=O)CN(c1ccccc1OC)S(=O)(=O)c1ccc(C)cc1. The van der Waals surface area contributed by atoms with E-state index in [1.165, 1.54) is 24.1 Å². The Hall–Kier alpha value is -3.85. The van der Waals surface area contributed by atoms with E-state index in [0.717, 1.165) is 33.8 Å². The molecule has 41 heavy (non-hydrogen) atoms. The van der Waals surface area contributed by atoms with Gasteiger partial charge in [-0.2, -0.15) is 0 Å². The fourth-order valence-corrected chi connectivity index (χ4v) is 5.93. The summed E-state index contributed by atoms with van der Waals surface area (Å²) >= 11 is 0. The molecule has 220 valence electrons. The average Bonchev–Trinajstić information content (AvgIpc) is 2.97. The average molecular weight is 580 g/mol. The van der Waals surface area contributed by atoms with Crippen LogP contribution in [0.2, 0.25) is 0 Å². The molecule has 0 bridgehead atoms. The number of nitrogens with one attached hydrogen (secondary N) is 1. The number of nitrogens with zero attached hydrogens (tertiary/aromatic N) is 2. The molecule has 0 saturated heterocycles. The first-order valence-electron chi connectivity index (χ1n) is 14.0. The summed E-state index contributed by atoms with van der Waals surface area (Å²) < 4.78 is 34.6. The number of ether oxygens (including phenoxy) is 1. The number of carbonyl (C=O) groups is 2. The zero-order chi connectivity index (χ0) is 30.0. The molecule has 3 rings (SSSR count). The van der Waals surface area contributed by atoms with Crippen molar-refractivity contribution in [2.75, 3.05) is 24.5 Å². The lowest BCUT2D eigenvalue weighted by molar-refractivity contribution is -0.140. The highest BCUT2D eigenvalue weighted by Crippen LogP contribution is 2.32. The number of rotatable bonds is 14. The largest absolute Gasteiger partial charge is 0.495 e. The van der Waals surface area contributed by atoms with E-state index in [9.17, 15) is 18.0 Å². The quantitative estimate of drug-likeness (QED) is 0.264. The fourth-order valence-electron chi connectivity index (χ4n) is 4.50. The summed E-state index contributed by atoms with van der Waals surface area (Å²) in [5, 5.41) is 2.94. The van der Waals surface area contributed by atoms with Gasteiger partial charge in [0.1, 0.15) is 18.3 Å². The van der Waals surface area contributed by atoms with E-state index in [2.05, 4.69) is 5.32 Å². The molecule has 0 fully saturated rings. The number of carbonyl (C=O) groups excluding carboxylic acids is 2. The summed E-state index contributed by atoms with van der Waals surface area (Å²) in [6.07, 6.45) is 2.12. The number of benzene rings is 3. The summed E-state index contributed by atoms with van der Waals surface area (Å²) in [6, 6.07) is 20.1. The highest BCUT2D eigenvalue weighted by atomic mass is 32.2. The lowest BCUT2D eigenvalue weighted by Crippen LogP contribution is -2.52. The predicted molar refractivity (Wildman–Crippen MR) is 162 cm³/mol. The zero-order valence-electron chi connectivity index (χ0n) is 24.6. The molecule has 1 atom stereocenters. The standard InChI is InChI=1S/C32H41N3O5S/c1-6-8-21-33-32(37)28(7-2)34(22-26-17-13-24(3)14-18-26)31(36)23-35(29-11-9-10-12-30(29)40-5)41(38,39)27-19-15-25(4)16-20-27/h9-20,28H,6-8,21-23H2,1-5H3,(H,33,37)/t28-/m0/s1. The molecule has 9 heteroatoms. The van der Waals surface area contributed by atoms with Gasteiger partial charge in [-0.05, 0) is 56.5 Å². The van der Waals surface area contributed by atoms with Gasteiger partial charge in [-0.25, -0.2) is 8.42 Å². The van der Waals surface area contributed by atoms with Crippen molar-refractivity contribution in [1.29, 1.82) is 0 Å².